The van der Waals surface area contributed by atoms with Crippen molar-refractivity contribution in [2.75, 3.05) is 5.43 Å². The number of anilines is 1. The normalized spacial score (nSPS) is 10.3. The molecule has 1 aromatic carbocycles. The van der Waals surface area contributed by atoms with Crippen molar-refractivity contribution in [3.8, 4) is 10.4 Å². The highest BCUT2D eigenvalue weighted by molar-refractivity contribution is 7.19. The van der Waals surface area contributed by atoms with Gasteiger partial charge in [0.15, 0.2) is 5.13 Å². The molecule has 0 aliphatic heterocycles. The minimum absolute atomic E-state index is 0.697. The summed E-state index contributed by atoms with van der Waals surface area (Å²) in [7, 11) is 0. The van der Waals surface area contributed by atoms with E-state index in [2.05, 4.69) is 10.4 Å². The second kappa shape index (κ2) is 4.18. The Morgan fingerprint density at radius 1 is 1.40 bits per heavy atom. The van der Waals surface area contributed by atoms with E-state index < -0.39 is 0 Å². The van der Waals surface area contributed by atoms with E-state index >= 15 is 0 Å². The van der Waals surface area contributed by atoms with Crippen LogP contribution in [0, 0.1) is 6.92 Å². The standard InChI is InChI=1S/C10H10ClN3S/c1-6-9(15-10(13-6)14-12)7-4-2-3-5-8(7)11/h2-5H,12H2,1H3,(H,13,14). The average molecular weight is 240 g/mol. The third-order valence-corrected chi connectivity index (χ3v) is 3.49. The first-order valence-electron chi connectivity index (χ1n) is 4.41. The predicted molar refractivity (Wildman–Crippen MR) is 65.1 cm³/mol. The molecule has 2 aromatic rings. The molecular formula is C10H10ClN3S. The van der Waals surface area contributed by atoms with E-state index in [-0.39, 0.29) is 0 Å². The number of benzene rings is 1. The molecule has 0 atom stereocenters. The molecular weight excluding hydrogens is 230 g/mol. The first-order valence-corrected chi connectivity index (χ1v) is 5.60. The van der Waals surface area contributed by atoms with Crippen LogP contribution in [0.1, 0.15) is 5.69 Å². The monoisotopic (exact) mass is 239 g/mol. The van der Waals surface area contributed by atoms with Crippen molar-refractivity contribution in [2.45, 2.75) is 6.92 Å². The van der Waals surface area contributed by atoms with E-state index in [1.165, 1.54) is 11.3 Å². The van der Waals surface area contributed by atoms with Gasteiger partial charge >= 0.3 is 0 Å². The Morgan fingerprint density at radius 3 is 2.73 bits per heavy atom. The number of hydrogen-bond donors (Lipinski definition) is 2. The first-order chi connectivity index (χ1) is 7.22. The van der Waals surface area contributed by atoms with Gasteiger partial charge in [0, 0.05) is 10.6 Å². The summed E-state index contributed by atoms with van der Waals surface area (Å²) < 4.78 is 0. The number of aryl methyl sites for hydroxylation is 1. The lowest BCUT2D eigenvalue weighted by atomic mass is 10.2. The number of halogens is 1. The maximum absolute atomic E-state index is 6.11. The van der Waals surface area contributed by atoms with Crippen molar-refractivity contribution in [3.63, 3.8) is 0 Å². The smallest absolute Gasteiger partial charge is 0.197 e. The summed E-state index contributed by atoms with van der Waals surface area (Å²) in [4.78, 5) is 5.32. The zero-order chi connectivity index (χ0) is 10.8. The van der Waals surface area contributed by atoms with Crippen molar-refractivity contribution in [1.82, 2.24) is 4.98 Å². The Morgan fingerprint density at radius 2 is 2.13 bits per heavy atom. The molecule has 3 nitrogen and oxygen atoms in total. The number of thiazole rings is 1. The van der Waals surface area contributed by atoms with Gasteiger partial charge in [0.25, 0.3) is 0 Å². The molecule has 0 saturated carbocycles. The zero-order valence-electron chi connectivity index (χ0n) is 8.12. The molecule has 5 heteroatoms. The Bertz CT molecular complexity index is 481. The van der Waals surface area contributed by atoms with Crippen LogP contribution in [0.4, 0.5) is 5.13 Å². The van der Waals surface area contributed by atoms with Crippen LogP contribution in [0.2, 0.25) is 5.02 Å². The summed E-state index contributed by atoms with van der Waals surface area (Å²) in [5.74, 6) is 5.31. The number of nitrogens with one attached hydrogen (secondary N) is 1. The maximum atomic E-state index is 6.11. The van der Waals surface area contributed by atoms with Crippen molar-refractivity contribution < 1.29 is 0 Å². The highest BCUT2D eigenvalue weighted by Gasteiger charge is 2.11. The lowest BCUT2D eigenvalue weighted by molar-refractivity contribution is 1.22. The molecule has 0 radical (unpaired) electrons. The summed E-state index contributed by atoms with van der Waals surface area (Å²) in [5, 5.41) is 1.43. The number of rotatable bonds is 2. The number of aromatic nitrogens is 1. The van der Waals surface area contributed by atoms with E-state index in [4.69, 9.17) is 17.4 Å². The number of nitrogens with two attached hydrogens (primary N) is 1. The second-order valence-corrected chi connectivity index (χ2v) is 4.46. The van der Waals surface area contributed by atoms with Crippen LogP contribution in [0.5, 0.6) is 0 Å². The van der Waals surface area contributed by atoms with Crippen LogP contribution in [0.15, 0.2) is 24.3 Å². The fourth-order valence-electron chi connectivity index (χ4n) is 1.35. The molecule has 0 spiro atoms. The topological polar surface area (TPSA) is 50.9 Å². The van der Waals surface area contributed by atoms with Crippen molar-refractivity contribution >= 4 is 28.1 Å². The van der Waals surface area contributed by atoms with E-state index in [9.17, 15) is 0 Å². The van der Waals surface area contributed by atoms with Gasteiger partial charge in [-0.05, 0) is 13.0 Å². The van der Waals surface area contributed by atoms with Crippen molar-refractivity contribution in [2.24, 2.45) is 5.84 Å². The molecule has 1 aromatic heterocycles. The third-order valence-electron chi connectivity index (χ3n) is 2.04. The number of nitrogens with zero attached hydrogens (tertiary/aromatic N) is 1. The fourth-order valence-corrected chi connectivity index (χ4v) is 2.56. The molecule has 0 fully saturated rings. The minimum atomic E-state index is 0.697. The van der Waals surface area contributed by atoms with Crippen molar-refractivity contribution in [1.29, 1.82) is 0 Å². The molecule has 0 bridgehead atoms. The fraction of sp³-hybridized carbons (Fsp3) is 0.100. The van der Waals surface area contributed by atoms with Gasteiger partial charge in [0.2, 0.25) is 0 Å². The SMILES string of the molecule is Cc1nc(NN)sc1-c1ccccc1Cl. The lowest BCUT2D eigenvalue weighted by Crippen LogP contribution is -2.05. The first kappa shape index (κ1) is 10.4. The number of nitrogen functional groups attached to an aromatic ring is 1. The third kappa shape index (κ3) is 1.97. The highest BCUT2D eigenvalue weighted by atomic mass is 35.5. The largest absolute Gasteiger partial charge is 0.300 e. The van der Waals surface area contributed by atoms with Crippen LogP contribution in [-0.4, -0.2) is 4.98 Å². The molecule has 2 rings (SSSR count). The molecule has 0 amide bonds. The van der Waals surface area contributed by atoms with E-state index in [0.29, 0.717) is 5.13 Å². The Balaban J connectivity index is 2.54. The van der Waals surface area contributed by atoms with Crippen LogP contribution in [0.3, 0.4) is 0 Å². The molecule has 0 unspecified atom stereocenters. The molecule has 15 heavy (non-hydrogen) atoms. The molecule has 78 valence electrons. The van der Waals surface area contributed by atoms with Gasteiger partial charge in [-0.25, -0.2) is 10.8 Å². The maximum Gasteiger partial charge on any atom is 0.197 e. The highest BCUT2D eigenvalue weighted by Crippen LogP contribution is 2.36. The molecule has 3 N–H and O–H groups in total. The van der Waals surface area contributed by atoms with Crippen LogP contribution in [0.25, 0.3) is 10.4 Å². The summed E-state index contributed by atoms with van der Waals surface area (Å²) in [6, 6.07) is 7.70. The number of hydrazine groups is 1. The van der Waals surface area contributed by atoms with Gasteiger partial charge < -0.3 is 0 Å². The summed E-state index contributed by atoms with van der Waals surface area (Å²) >= 11 is 7.61. The number of hydrogen-bond acceptors (Lipinski definition) is 4. The molecule has 1 heterocycles. The second-order valence-electron chi connectivity index (χ2n) is 3.06. The van der Waals surface area contributed by atoms with Gasteiger partial charge in [-0.15, -0.1) is 0 Å². The molecule has 0 saturated heterocycles. The lowest BCUT2D eigenvalue weighted by Gasteiger charge is -2.00. The molecule has 0 aliphatic carbocycles. The predicted octanol–water partition coefficient (Wildman–Crippen LogP) is 3.06. The zero-order valence-corrected chi connectivity index (χ0v) is 9.69. The van der Waals surface area contributed by atoms with E-state index in [1.54, 1.807) is 0 Å². The Hall–Kier alpha value is -1.10. The van der Waals surface area contributed by atoms with Gasteiger partial charge in [0.1, 0.15) is 0 Å². The van der Waals surface area contributed by atoms with Crippen LogP contribution >= 0.6 is 22.9 Å². The van der Waals surface area contributed by atoms with Crippen LogP contribution in [-0.2, 0) is 0 Å². The van der Waals surface area contributed by atoms with Gasteiger partial charge in [0.05, 0.1) is 10.6 Å². The Labute approximate surface area is 96.9 Å². The Kier molecular flexibility index (Phi) is 2.90. The van der Waals surface area contributed by atoms with Gasteiger partial charge in [-0.3, -0.25) is 5.43 Å². The molecule has 0 aliphatic rings. The van der Waals surface area contributed by atoms with E-state index in [1.807, 2.05) is 31.2 Å². The minimum Gasteiger partial charge on any atom is -0.300 e. The average Bonchev–Trinajstić information content (AvgIpc) is 2.60. The quantitative estimate of drug-likeness (QED) is 0.626. The summed E-state index contributed by atoms with van der Waals surface area (Å²) in [6.45, 7) is 1.94. The summed E-state index contributed by atoms with van der Waals surface area (Å²) in [6.07, 6.45) is 0. The van der Waals surface area contributed by atoms with Crippen LogP contribution < -0.4 is 11.3 Å². The van der Waals surface area contributed by atoms with Gasteiger partial charge in [-0.1, -0.05) is 41.1 Å². The summed E-state index contributed by atoms with van der Waals surface area (Å²) in [5.41, 5.74) is 4.47. The van der Waals surface area contributed by atoms with Crippen molar-refractivity contribution in [3.05, 3.63) is 35.0 Å². The van der Waals surface area contributed by atoms with Gasteiger partial charge in [-0.2, -0.15) is 0 Å². The van der Waals surface area contributed by atoms with E-state index in [0.717, 1.165) is 21.2 Å².